The Bertz CT molecular complexity index is 520. The lowest BCUT2D eigenvalue weighted by Crippen LogP contribution is -2.27. The first-order valence-corrected chi connectivity index (χ1v) is 7.74. The Hall–Kier alpha value is -1.58. The highest BCUT2D eigenvalue weighted by atomic mass is 16.4. The molecular formula is C17H26N2O2. The van der Waals surface area contributed by atoms with Crippen LogP contribution in [0.15, 0.2) is 12.3 Å². The summed E-state index contributed by atoms with van der Waals surface area (Å²) in [6.45, 7) is 10.7. The van der Waals surface area contributed by atoms with Crippen LogP contribution in [0.4, 0.5) is 5.69 Å². The first-order chi connectivity index (χ1) is 9.79. The van der Waals surface area contributed by atoms with Crippen LogP contribution < -0.4 is 4.90 Å². The Balaban J connectivity index is 2.23. The molecule has 4 heteroatoms. The van der Waals surface area contributed by atoms with Gasteiger partial charge in [-0.1, -0.05) is 20.8 Å². The second kappa shape index (κ2) is 6.04. The lowest BCUT2D eigenvalue weighted by molar-refractivity contribution is 0.0697. The van der Waals surface area contributed by atoms with Gasteiger partial charge < -0.3 is 10.0 Å². The fourth-order valence-electron chi connectivity index (χ4n) is 3.18. The SMILES string of the molecule is Cc1cc(N2CCCC(C(C)(C)C)CC2)c(C(=O)O)cn1. The molecule has 2 rings (SSSR count). The molecule has 4 nitrogen and oxygen atoms in total. The molecule has 1 N–H and O–H groups in total. The van der Waals surface area contributed by atoms with Crippen molar-refractivity contribution in [3.63, 3.8) is 0 Å². The molecule has 116 valence electrons. The van der Waals surface area contributed by atoms with Crippen LogP contribution in [0.1, 0.15) is 56.1 Å². The van der Waals surface area contributed by atoms with E-state index in [1.165, 1.54) is 12.6 Å². The second-order valence-corrected chi connectivity index (χ2v) is 7.13. The van der Waals surface area contributed by atoms with Gasteiger partial charge in [0.2, 0.25) is 0 Å². The van der Waals surface area contributed by atoms with E-state index in [0.717, 1.165) is 37.3 Å². The highest BCUT2D eigenvalue weighted by Crippen LogP contribution is 2.35. The van der Waals surface area contributed by atoms with Crippen molar-refractivity contribution in [2.45, 2.75) is 47.0 Å². The van der Waals surface area contributed by atoms with E-state index >= 15 is 0 Å². The summed E-state index contributed by atoms with van der Waals surface area (Å²) in [5, 5.41) is 9.37. The largest absolute Gasteiger partial charge is 0.478 e. The summed E-state index contributed by atoms with van der Waals surface area (Å²) < 4.78 is 0. The van der Waals surface area contributed by atoms with Crippen molar-refractivity contribution in [1.82, 2.24) is 4.98 Å². The Morgan fingerprint density at radius 1 is 1.33 bits per heavy atom. The number of aryl methyl sites for hydroxylation is 1. The molecule has 1 fully saturated rings. The van der Waals surface area contributed by atoms with E-state index in [1.807, 2.05) is 13.0 Å². The lowest BCUT2D eigenvalue weighted by atomic mass is 9.77. The first kappa shape index (κ1) is 15.8. The number of hydrogen-bond donors (Lipinski definition) is 1. The number of carboxylic acids is 1. The molecule has 2 heterocycles. The van der Waals surface area contributed by atoms with Gasteiger partial charge in [-0.25, -0.2) is 4.79 Å². The van der Waals surface area contributed by atoms with Gasteiger partial charge in [-0.15, -0.1) is 0 Å². The molecule has 0 aromatic carbocycles. The van der Waals surface area contributed by atoms with E-state index < -0.39 is 5.97 Å². The minimum Gasteiger partial charge on any atom is -0.478 e. The molecule has 1 aliphatic heterocycles. The fraction of sp³-hybridized carbons (Fsp3) is 0.647. The molecular weight excluding hydrogens is 264 g/mol. The minimum atomic E-state index is -0.894. The van der Waals surface area contributed by atoms with Crippen molar-refractivity contribution < 1.29 is 9.90 Å². The molecule has 1 atom stereocenters. The highest BCUT2D eigenvalue weighted by Gasteiger charge is 2.28. The normalized spacial score (nSPS) is 20.2. The van der Waals surface area contributed by atoms with Crippen LogP contribution in [-0.2, 0) is 0 Å². The predicted octanol–water partition coefficient (Wildman–Crippen LogP) is 3.74. The Labute approximate surface area is 127 Å². The van der Waals surface area contributed by atoms with E-state index in [-0.39, 0.29) is 0 Å². The Morgan fingerprint density at radius 2 is 2.05 bits per heavy atom. The van der Waals surface area contributed by atoms with Gasteiger partial charge in [-0.05, 0) is 43.6 Å². The van der Waals surface area contributed by atoms with Crippen molar-refractivity contribution in [3.8, 4) is 0 Å². The van der Waals surface area contributed by atoms with Crippen molar-refractivity contribution in [3.05, 3.63) is 23.5 Å². The van der Waals surface area contributed by atoms with Gasteiger partial charge in [0.1, 0.15) is 5.56 Å². The molecule has 1 aromatic heterocycles. The molecule has 21 heavy (non-hydrogen) atoms. The van der Waals surface area contributed by atoms with Crippen LogP contribution in [0.25, 0.3) is 0 Å². The van der Waals surface area contributed by atoms with Gasteiger partial charge in [0, 0.05) is 25.0 Å². The van der Waals surface area contributed by atoms with Gasteiger partial charge in [-0.2, -0.15) is 0 Å². The zero-order valence-corrected chi connectivity index (χ0v) is 13.5. The van der Waals surface area contributed by atoms with E-state index in [9.17, 15) is 9.90 Å². The Kier molecular flexibility index (Phi) is 4.55. The number of hydrogen-bond acceptors (Lipinski definition) is 3. The predicted molar refractivity (Wildman–Crippen MR) is 84.9 cm³/mol. The average molecular weight is 290 g/mol. The summed E-state index contributed by atoms with van der Waals surface area (Å²) in [4.78, 5) is 17.8. The number of nitrogens with zero attached hydrogens (tertiary/aromatic N) is 2. The standard InChI is InChI=1S/C17H26N2O2/c1-12-10-15(14(11-18-12)16(20)21)19-8-5-6-13(7-9-19)17(2,3)4/h10-11,13H,5-9H2,1-4H3,(H,20,21). The zero-order valence-electron chi connectivity index (χ0n) is 13.5. The quantitative estimate of drug-likeness (QED) is 0.901. The van der Waals surface area contributed by atoms with Gasteiger partial charge in [0.05, 0.1) is 5.69 Å². The number of pyridine rings is 1. The van der Waals surface area contributed by atoms with E-state index in [2.05, 4.69) is 30.7 Å². The summed E-state index contributed by atoms with van der Waals surface area (Å²) in [6.07, 6.45) is 4.93. The summed E-state index contributed by atoms with van der Waals surface area (Å²) in [5.41, 5.74) is 2.32. The molecule has 0 spiro atoms. The number of carbonyl (C=O) groups is 1. The van der Waals surface area contributed by atoms with Crippen molar-refractivity contribution in [2.75, 3.05) is 18.0 Å². The smallest absolute Gasteiger partial charge is 0.339 e. The van der Waals surface area contributed by atoms with Crippen LogP contribution in [0.2, 0.25) is 0 Å². The summed E-state index contributed by atoms with van der Waals surface area (Å²) in [5.74, 6) is -0.201. The average Bonchev–Trinajstić information content (AvgIpc) is 2.63. The number of aromatic carboxylic acids is 1. The molecule has 1 aromatic rings. The minimum absolute atomic E-state index is 0.315. The van der Waals surface area contributed by atoms with Gasteiger partial charge >= 0.3 is 5.97 Å². The molecule has 0 radical (unpaired) electrons. The number of rotatable bonds is 2. The first-order valence-electron chi connectivity index (χ1n) is 7.74. The zero-order chi connectivity index (χ0) is 15.6. The molecule has 0 amide bonds. The number of anilines is 1. The molecule has 0 bridgehead atoms. The lowest BCUT2D eigenvalue weighted by Gasteiger charge is -2.30. The van der Waals surface area contributed by atoms with Crippen molar-refractivity contribution >= 4 is 11.7 Å². The van der Waals surface area contributed by atoms with Crippen LogP contribution in [-0.4, -0.2) is 29.1 Å². The van der Waals surface area contributed by atoms with Crippen LogP contribution >= 0.6 is 0 Å². The van der Waals surface area contributed by atoms with Gasteiger partial charge in [-0.3, -0.25) is 4.98 Å². The van der Waals surface area contributed by atoms with E-state index in [1.54, 1.807) is 0 Å². The Morgan fingerprint density at radius 3 is 2.67 bits per heavy atom. The molecule has 0 saturated carbocycles. The van der Waals surface area contributed by atoms with Gasteiger partial charge in [0.15, 0.2) is 0 Å². The summed E-state index contributed by atoms with van der Waals surface area (Å²) in [7, 11) is 0. The third-order valence-electron chi connectivity index (χ3n) is 4.54. The monoisotopic (exact) mass is 290 g/mol. The van der Waals surface area contributed by atoms with E-state index in [0.29, 0.717) is 16.9 Å². The third kappa shape index (κ3) is 3.74. The third-order valence-corrected chi connectivity index (χ3v) is 4.54. The maximum absolute atomic E-state index is 11.4. The molecule has 0 aliphatic carbocycles. The van der Waals surface area contributed by atoms with E-state index in [4.69, 9.17) is 0 Å². The van der Waals surface area contributed by atoms with Crippen LogP contribution in [0, 0.1) is 18.3 Å². The topological polar surface area (TPSA) is 53.4 Å². The maximum Gasteiger partial charge on any atom is 0.339 e. The van der Waals surface area contributed by atoms with Crippen molar-refractivity contribution in [1.29, 1.82) is 0 Å². The number of carboxylic acid groups (broad SMARTS) is 1. The summed E-state index contributed by atoms with van der Waals surface area (Å²) >= 11 is 0. The fourth-order valence-corrected chi connectivity index (χ4v) is 3.18. The molecule has 1 aliphatic rings. The van der Waals surface area contributed by atoms with Crippen molar-refractivity contribution in [2.24, 2.45) is 11.3 Å². The van der Waals surface area contributed by atoms with Crippen LogP contribution in [0.3, 0.4) is 0 Å². The highest BCUT2D eigenvalue weighted by molar-refractivity contribution is 5.94. The van der Waals surface area contributed by atoms with Gasteiger partial charge in [0.25, 0.3) is 0 Å². The molecule has 1 saturated heterocycles. The van der Waals surface area contributed by atoms with Crippen LogP contribution in [0.5, 0.6) is 0 Å². The molecule has 1 unspecified atom stereocenters. The second-order valence-electron chi connectivity index (χ2n) is 7.13. The number of aromatic nitrogens is 1. The summed E-state index contributed by atoms with van der Waals surface area (Å²) in [6, 6.07) is 1.90. The maximum atomic E-state index is 11.4.